The third-order valence-electron chi connectivity index (χ3n) is 2.91. The van der Waals surface area contributed by atoms with Crippen LogP contribution in [0.4, 0.5) is 0 Å². The average Bonchev–Trinajstić information content (AvgIpc) is 2.75. The van der Waals surface area contributed by atoms with E-state index in [0.29, 0.717) is 16.9 Å². The van der Waals surface area contributed by atoms with Gasteiger partial charge in [0.25, 0.3) is 0 Å². The molecular formula is C9H14BrN3O2. The van der Waals surface area contributed by atoms with Crippen molar-refractivity contribution in [3.63, 3.8) is 0 Å². The zero-order valence-electron chi connectivity index (χ0n) is 8.77. The van der Waals surface area contributed by atoms with Crippen LogP contribution >= 0.6 is 15.9 Å². The van der Waals surface area contributed by atoms with E-state index in [2.05, 4.69) is 26.2 Å². The molecule has 84 valence electrons. The van der Waals surface area contributed by atoms with E-state index in [-0.39, 0.29) is 0 Å². The van der Waals surface area contributed by atoms with Gasteiger partial charge in [-0.25, -0.2) is 4.68 Å². The number of halogens is 1. The van der Waals surface area contributed by atoms with E-state index in [1.54, 1.807) is 11.7 Å². The predicted octanol–water partition coefficient (Wildman–Crippen LogP) is 1.18. The Bertz CT molecular complexity index is 341. The van der Waals surface area contributed by atoms with Crippen LogP contribution in [0.1, 0.15) is 31.6 Å². The lowest BCUT2D eigenvalue weighted by atomic mass is 9.93. The maximum Gasteiger partial charge on any atom is 0.154 e. The highest BCUT2D eigenvalue weighted by molar-refractivity contribution is 9.10. The van der Waals surface area contributed by atoms with Gasteiger partial charge in [0.05, 0.1) is 5.60 Å². The van der Waals surface area contributed by atoms with E-state index in [1.807, 2.05) is 6.92 Å². The van der Waals surface area contributed by atoms with Crippen LogP contribution in [0, 0.1) is 0 Å². The van der Waals surface area contributed by atoms with Gasteiger partial charge in [0.1, 0.15) is 11.8 Å². The van der Waals surface area contributed by atoms with Crippen LogP contribution < -0.4 is 0 Å². The molecule has 1 aromatic rings. The Morgan fingerprint density at radius 2 is 2.40 bits per heavy atom. The molecule has 0 radical (unpaired) electrons. The summed E-state index contributed by atoms with van der Waals surface area (Å²) in [5.74, 6) is 0. The second-order valence-electron chi connectivity index (χ2n) is 4.06. The van der Waals surface area contributed by atoms with Gasteiger partial charge in [-0.15, -0.1) is 5.10 Å². The van der Waals surface area contributed by atoms with Crippen molar-refractivity contribution >= 4 is 15.9 Å². The number of aryl methyl sites for hydroxylation is 1. The molecule has 1 fully saturated rings. The minimum Gasteiger partial charge on any atom is -0.384 e. The Morgan fingerprint density at radius 3 is 2.87 bits per heavy atom. The molecule has 2 unspecified atom stereocenters. The zero-order chi connectivity index (χ0) is 11.1. The highest BCUT2D eigenvalue weighted by Crippen LogP contribution is 2.38. The van der Waals surface area contributed by atoms with Crippen LogP contribution in [0.2, 0.25) is 0 Å². The number of rotatable bonds is 2. The molecule has 1 N–H and O–H groups in total. The Labute approximate surface area is 96.6 Å². The first-order valence-corrected chi connectivity index (χ1v) is 5.71. The molecule has 5 nitrogen and oxygen atoms in total. The fourth-order valence-electron chi connectivity index (χ4n) is 1.93. The fraction of sp³-hybridized carbons (Fsp3) is 0.778. The van der Waals surface area contributed by atoms with Gasteiger partial charge in [-0.2, -0.15) is 0 Å². The molecule has 0 aromatic carbocycles. The van der Waals surface area contributed by atoms with E-state index in [4.69, 9.17) is 4.74 Å². The second-order valence-corrected chi connectivity index (χ2v) is 4.81. The van der Waals surface area contributed by atoms with Crippen LogP contribution in [0.15, 0.2) is 4.60 Å². The van der Waals surface area contributed by atoms with E-state index in [9.17, 15) is 5.11 Å². The van der Waals surface area contributed by atoms with E-state index >= 15 is 0 Å². The number of aliphatic hydroxyl groups excluding tert-OH is 1. The van der Waals surface area contributed by atoms with Crippen molar-refractivity contribution < 1.29 is 9.84 Å². The number of ether oxygens (including phenoxy) is 1. The number of nitrogens with zero attached hydrogens (tertiary/aromatic N) is 3. The minimum absolute atomic E-state index is 0.516. The summed E-state index contributed by atoms with van der Waals surface area (Å²) in [6, 6.07) is 0. The average molecular weight is 276 g/mol. The summed E-state index contributed by atoms with van der Waals surface area (Å²) in [4.78, 5) is 0. The molecule has 0 saturated carbocycles. The smallest absolute Gasteiger partial charge is 0.154 e. The summed E-state index contributed by atoms with van der Waals surface area (Å²) in [7, 11) is 1.76. The van der Waals surface area contributed by atoms with Gasteiger partial charge in [-0.3, -0.25) is 0 Å². The van der Waals surface area contributed by atoms with Gasteiger partial charge in [-0.1, -0.05) is 5.21 Å². The third-order valence-corrected chi connectivity index (χ3v) is 3.48. The van der Waals surface area contributed by atoms with Crippen molar-refractivity contribution in [1.82, 2.24) is 15.0 Å². The number of hydrogen-bond acceptors (Lipinski definition) is 4. The van der Waals surface area contributed by atoms with Gasteiger partial charge >= 0.3 is 0 Å². The molecule has 1 saturated heterocycles. The van der Waals surface area contributed by atoms with Crippen molar-refractivity contribution in [3.8, 4) is 0 Å². The Morgan fingerprint density at radius 1 is 1.67 bits per heavy atom. The van der Waals surface area contributed by atoms with Crippen LogP contribution in [-0.2, 0) is 11.8 Å². The van der Waals surface area contributed by atoms with Gasteiger partial charge < -0.3 is 9.84 Å². The lowest BCUT2D eigenvalue weighted by Crippen LogP contribution is -2.33. The minimum atomic E-state index is -0.700. The van der Waals surface area contributed by atoms with E-state index < -0.39 is 11.7 Å². The monoisotopic (exact) mass is 275 g/mol. The third kappa shape index (κ3) is 1.81. The molecule has 0 amide bonds. The molecule has 6 heteroatoms. The summed E-state index contributed by atoms with van der Waals surface area (Å²) in [6.07, 6.45) is 1.14. The van der Waals surface area contributed by atoms with Crippen LogP contribution in [0.5, 0.6) is 0 Å². The van der Waals surface area contributed by atoms with Gasteiger partial charge in [0.2, 0.25) is 0 Å². The molecule has 2 rings (SSSR count). The maximum atomic E-state index is 10.3. The van der Waals surface area contributed by atoms with Gasteiger partial charge in [0, 0.05) is 13.7 Å². The SMILES string of the molecule is Cn1nnc(Br)c1C(O)C1(C)CCCO1. The first-order chi connectivity index (χ1) is 7.04. The molecule has 1 aliphatic rings. The normalized spacial score (nSPS) is 28.3. The first kappa shape index (κ1) is 11.0. The number of hydrogen-bond donors (Lipinski definition) is 1. The van der Waals surface area contributed by atoms with Gasteiger partial charge in [-0.05, 0) is 35.7 Å². The number of aliphatic hydroxyl groups is 1. The van der Waals surface area contributed by atoms with Crippen molar-refractivity contribution in [2.75, 3.05) is 6.61 Å². The summed E-state index contributed by atoms with van der Waals surface area (Å²) < 4.78 is 7.75. The maximum absolute atomic E-state index is 10.3. The summed E-state index contributed by atoms with van der Waals surface area (Å²) >= 11 is 3.28. The molecule has 1 aromatic heterocycles. The molecular weight excluding hydrogens is 262 g/mol. The highest BCUT2D eigenvalue weighted by Gasteiger charge is 2.41. The second kappa shape index (κ2) is 3.84. The van der Waals surface area contributed by atoms with Crippen molar-refractivity contribution in [2.24, 2.45) is 7.05 Å². The Balaban J connectivity index is 2.31. The van der Waals surface area contributed by atoms with Crippen LogP contribution in [0.25, 0.3) is 0 Å². The lowest BCUT2D eigenvalue weighted by molar-refractivity contribution is -0.0829. The zero-order valence-corrected chi connectivity index (χ0v) is 10.4. The first-order valence-electron chi connectivity index (χ1n) is 4.92. The fourth-order valence-corrected chi connectivity index (χ4v) is 2.48. The Hall–Kier alpha value is -0.460. The molecule has 2 atom stereocenters. The lowest BCUT2D eigenvalue weighted by Gasteiger charge is -2.29. The topological polar surface area (TPSA) is 60.2 Å². The molecule has 0 aliphatic carbocycles. The van der Waals surface area contributed by atoms with Crippen molar-refractivity contribution in [2.45, 2.75) is 31.5 Å². The quantitative estimate of drug-likeness (QED) is 0.881. The van der Waals surface area contributed by atoms with Crippen LogP contribution in [-0.4, -0.2) is 32.3 Å². The largest absolute Gasteiger partial charge is 0.384 e. The molecule has 15 heavy (non-hydrogen) atoms. The molecule has 2 heterocycles. The summed E-state index contributed by atoms with van der Waals surface area (Å²) in [6.45, 7) is 2.63. The van der Waals surface area contributed by atoms with Crippen molar-refractivity contribution in [1.29, 1.82) is 0 Å². The predicted molar refractivity (Wildman–Crippen MR) is 57.3 cm³/mol. The summed E-state index contributed by atoms with van der Waals surface area (Å²) in [5, 5.41) is 18.0. The molecule has 0 spiro atoms. The highest BCUT2D eigenvalue weighted by atomic mass is 79.9. The molecule has 0 bridgehead atoms. The Kier molecular flexibility index (Phi) is 2.83. The molecule has 1 aliphatic heterocycles. The summed E-state index contributed by atoms with van der Waals surface area (Å²) in [5.41, 5.74) is 0.150. The standard InChI is InChI=1S/C9H14BrN3O2/c1-9(4-3-5-15-9)7(14)6-8(10)11-12-13(6)2/h7,14H,3-5H2,1-2H3. The van der Waals surface area contributed by atoms with E-state index in [0.717, 1.165) is 12.8 Å². The van der Waals surface area contributed by atoms with E-state index in [1.165, 1.54) is 0 Å². The van der Waals surface area contributed by atoms with Crippen molar-refractivity contribution in [3.05, 3.63) is 10.3 Å². The van der Waals surface area contributed by atoms with Crippen LogP contribution in [0.3, 0.4) is 0 Å². The van der Waals surface area contributed by atoms with Gasteiger partial charge in [0.15, 0.2) is 4.60 Å². The number of aromatic nitrogens is 3.